The molecule has 1 aromatic heterocycles. The van der Waals surface area contributed by atoms with Crippen LogP contribution in [0.5, 0.6) is 5.75 Å². The summed E-state index contributed by atoms with van der Waals surface area (Å²) < 4.78 is 73.0. The molecule has 0 atom stereocenters. The van der Waals surface area contributed by atoms with Crippen LogP contribution in [0.15, 0.2) is 24.3 Å². The lowest BCUT2D eigenvalue weighted by Gasteiger charge is -2.30. The van der Waals surface area contributed by atoms with E-state index in [1.54, 1.807) is 45.0 Å². The van der Waals surface area contributed by atoms with Crippen molar-refractivity contribution in [2.24, 2.45) is 0 Å². The Hall–Kier alpha value is -2.07. The van der Waals surface area contributed by atoms with Gasteiger partial charge in [-0.2, -0.15) is 13.2 Å². The number of aromatic nitrogens is 2. The Morgan fingerprint density at radius 3 is 2.26 bits per heavy atom. The van der Waals surface area contributed by atoms with Crippen molar-refractivity contribution < 1.29 is 26.3 Å². The Morgan fingerprint density at radius 2 is 1.71 bits per heavy atom. The van der Waals surface area contributed by atoms with Gasteiger partial charge in [-0.1, -0.05) is 12.1 Å². The summed E-state index contributed by atoms with van der Waals surface area (Å²) in [5.74, 6) is 0.372. The summed E-state index contributed by atoms with van der Waals surface area (Å²) in [6, 6.07) is 6.23. The summed E-state index contributed by atoms with van der Waals surface area (Å²) in [7, 11) is -2.08. The molecule has 2 N–H and O–H groups in total. The van der Waals surface area contributed by atoms with Gasteiger partial charge < -0.3 is 9.72 Å². The Kier molecular flexibility index (Phi) is 6.44. The van der Waals surface area contributed by atoms with Crippen LogP contribution in [-0.4, -0.2) is 36.3 Å². The number of sulfonamides is 1. The van der Waals surface area contributed by atoms with Crippen molar-refractivity contribution in [1.29, 1.82) is 0 Å². The molecule has 0 radical (unpaired) electrons. The number of H-pyrrole nitrogens is 1. The fourth-order valence-corrected chi connectivity index (χ4v) is 4.73. The van der Waals surface area contributed by atoms with Crippen molar-refractivity contribution in [3.63, 3.8) is 0 Å². The number of methoxy groups -OCH3 is 1. The van der Waals surface area contributed by atoms with E-state index in [0.717, 1.165) is 0 Å². The van der Waals surface area contributed by atoms with Crippen molar-refractivity contribution in [1.82, 2.24) is 14.7 Å². The van der Waals surface area contributed by atoms with E-state index < -0.39 is 26.6 Å². The summed E-state index contributed by atoms with van der Waals surface area (Å²) in [4.78, 5) is 6.82. The van der Waals surface area contributed by atoms with Gasteiger partial charge in [-0.25, -0.2) is 18.1 Å². The quantitative estimate of drug-likeness (QED) is 0.670. The number of nitrogens with zero attached hydrogens (tertiary/aromatic N) is 1. The van der Waals surface area contributed by atoms with Gasteiger partial charge in [-0.3, -0.25) is 0 Å². The van der Waals surface area contributed by atoms with Crippen LogP contribution in [0.1, 0.15) is 63.9 Å². The largest absolute Gasteiger partial charge is 0.496 e. The molecular weight excluding hydrogens is 431 g/mol. The molecule has 0 amide bonds. The van der Waals surface area contributed by atoms with Gasteiger partial charge in [-0.15, -0.1) is 0 Å². The predicted octanol–water partition coefficient (Wildman–Crippen LogP) is 4.85. The van der Waals surface area contributed by atoms with E-state index in [-0.39, 0.29) is 29.0 Å². The molecule has 10 heteroatoms. The minimum absolute atomic E-state index is 0.185. The number of benzene rings is 1. The first-order chi connectivity index (χ1) is 14.3. The molecule has 0 aliphatic heterocycles. The molecule has 1 fully saturated rings. The Balaban J connectivity index is 1.83. The Labute approximate surface area is 180 Å². The van der Waals surface area contributed by atoms with Gasteiger partial charge >= 0.3 is 6.18 Å². The van der Waals surface area contributed by atoms with E-state index >= 15 is 0 Å². The number of para-hydroxylation sites is 1. The third-order valence-electron chi connectivity index (χ3n) is 5.61. The smallest absolute Gasteiger partial charge is 0.433 e. The molecule has 1 saturated carbocycles. The van der Waals surface area contributed by atoms with Crippen LogP contribution in [0.3, 0.4) is 0 Å². The zero-order chi connectivity index (χ0) is 23.0. The molecule has 31 heavy (non-hydrogen) atoms. The molecule has 0 saturated heterocycles. The molecule has 6 nitrogen and oxygen atoms in total. The van der Waals surface area contributed by atoms with Gasteiger partial charge in [0.15, 0.2) is 0 Å². The van der Waals surface area contributed by atoms with Gasteiger partial charge in [0.05, 0.1) is 11.9 Å². The lowest BCUT2D eigenvalue weighted by molar-refractivity contribution is -0.140. The van der Waals surface area contributed by atoms with Crippen LogP contribution in [0.4, 0.5) is 13.2 Å². The maximum atomic E-state index is 13.7. The van der Waals surface area contributed by atoms with Crippen molar-refractivity contribution in [3.05, 3.63) is 35.8 Å². The number of alkyl halides is 3. The van der Waals surface area contributed by atoms with Gasteiger partial charge in [-0.05, 0) is 58.6 Å². The highest BCUT2D eigenvalue weighted by molar-refractivity contribution is 7.90. The number of imidazole rings is 1. The van der Waals surface area contributed by atoms with Crippen molar-refractivity contribution in [2.45, 2.75) is 69.3 Å². The van der Waals surface area contributed by atoms with Crippen LogP contribution in [-0.2, 0) is 16.2 Å². The SMILES string of the molecule is COc1ccccc1-c1nc([C@H]2CC[C@H](NS(=O)(=O)C(C)(C)C)CC2)[nH]c1C(F)(F)F. The highest BCUT2D eigenvalue weighted by Gasteiger charge is 2.39. The van der Waals surface area contributed by atoms with Gasteiger partial charge in [0.2, 0.25) is 10.0 Å². The zero-order valence-electron chi connectivity index (χ0n) is 18.0. The number of halogens is 3. The van der Waals surface area contributed by atoms with Crippen LogP contribution in [0, 0.1) is 0 Å². The van der Waals surface area contributed by atoms with E-state index in [2.05, 4.69) is 14.7 Å². The number of rotatable bonds is 5. The summed E-state index contributed by atoms with van der Waals surface area (Å²) in [6.45, 7) is 4.88. The molecule has 1 aliphatic carbocycles. The molecule has 2 aromatic rings. The number of hydrogen-bond donors (Lipinski definition) is 2. The van der Waals surface area contributed by atoms with Crippen molar-refractivity contribution in [3.8, 4) is 17.0 Å². The average Bonchev–Trinajstić information content (AvgIpc) is 3.13. The monoisotopic (exact) mass is 459 g/mol. The summed E-state index contributed by atoms with van der Waals surface area (Å²) in [5, 5.41) is 0. The number of hydrogen-bond acceptors (Lipinski definition) is 4. The third kappa shape index (κ3) is 5.06. The number of nitrogens with one attached hydrogen (secondary N) is 2. The first-order valence-corrected chi connectivity index (χ1v) is 11.6. The van der Waals surface area contributed by atoms with Crippen LogP contribution >= 0.6 is 0 Å². The normalized spacial score (nSPS) is 20.6. The van der Waals surface area contributed by atoms with Crippen molar-refractivity contribution >= 4 is 10.0 Å². The van der Waals surface area contributed by atoms with E-state index in [4.69, 9.17) is 4.74 Å². The lowest BCUT2D eigenvalue weighted by atomic mass is 9.86. The molecule has 172 valence electrons. The summed E-state index contributed by atoms with van der Waals surface area (Å²) in [6.07, 6.45) is -2.46. The molecule has 0 unspecified atom stereocenters. The average molecular weight is 460 g/mol. The minimum Gasteiger partial charge on any atom is -0.496 e. The number of aromatic amines is 1. The second-order valence-electron chi connectivity index (χ2n) is 8.83. The first-order valence-electron chi connectivity index (χ1n) is 10.2. The standard InChI is InChI=1S/C21H28F3N3O3S/c1-20(2,3)31(28,29)27-14-11-9-13(10-12-14)19-25-17(18(26-19)21(22,23)24)15-7-5-6-8-16(15)30-4/h5-8,13-14,27H,9-12H2,1-4H3,(H,25,26)/t13-,14-. The molecule has 1 aliphatic rings. The fourth-order valence-electron chi connectivity index (χ4n) is 3.71. The predicted molar refractivity (Wildman–Crippen MR) is 112 cm³/mol. The van der Waals surface area contributed by atoms with E-state index in [1.807, 2.05) is 0 Å². The summed E-state index contributed by atoms with van der Waals surface area (Å²) in [5.41, 5.74) is -0.815. The molecule has 3 rings (SSSR count). The van der Waals surface area contributed by atoms with E-state index in [0.29, 0.717) is 31.4 Å². The molecule has 1 aromatic carbocycles. The highest BCUT2D eigenvalue weighted by Crippen LogP contribution is 2.41. The molecule has 0 spiro atoms. The third-order valence-corrected chi connectivity index (χ3v) is 7.87. The maximum Gasteiger partial charge on any atom is 0.433 e. The number of ether oxygens (including phenoxy) is 1. The lowest BCUT2D eigenvalue weighted by Crippen LogP contribution is -2.45. The zero-order valence-corrected chi connectivity index (χ0v) is 18.8. The van der Waals surface area contributed by atoms with Crippen molar-refractivity contribution in [2.75, 3.05) is 7.11 Å². The van der Waals surface area contributed by atoms with Crippen LogP contribution in [0.25, 0.3) is 11.3 Å². The first kappa shape index (κ1) is 23.6. The molecule has 1 heterocycles. The van der Waals surface area contributed by atoms with Gasteiger partial charge in [0.25, 0.3) is 0 Å². The highest BCUT2D eigenvalue weighted by atomic mass is 32.2. The van der Waals surface area contributed by atoms with Gasteiger partial charge in [0, 0.05) is 17.5 Å². The van der Waals surface area contributed by atoms with Crippen LogP contribution < -0.4 is 9.46 Å². The van der Waals surface area contributed by atoms with E-state index in [1.165, 1.54) is 7.11 Å². The fraction of sp³-hybridized carbons (Fsp3) is 0.571. The molecule has 0 bridgehead atoms. The molecular formula is C21H28F3N3O3S. The summed E-state index contributed by atoms with van der Waals surface area (Å²) >= 11 is 0. The van der Waals surface area contributed by atoms with Crippen LogP contribution in [0.2, 0.25) is 0 Å². The Morgan fingerprint density at radius 1 is 1.10 bits per heavy atom. The van der Waals surface area contributed by atoms with E-state index in [9.17, 15) is 21.6 Å². The minimum atomic E-state index is -4.60. The topological polar surface area (TPSA) is 84.1 Å². The second-order valence-corrected chi connectivity index (χ2v) is 11.3. The maximum absolute atomic E-state index is 13.7. The second kappa shape index (κ2) is 8.46. The Bertz CT molecular complexity index is 1020. The van der Waals surface area contributed by atoms with Gasteiger partial charge in [0.1, 0.15) is 23.0 Å².